The Hall–Kier alpha value is -1.36. The van der Waals surface area contributed by atoms with Gasteiger partial charge in [0.25, 0.3) is 0 Å². The van der Waals surface area contributed by atoms with Gasteiger partial charge in [-0.15, -0.1) is 0 Å². The van der Waals surface area contributed by atoms with E-state index in [4.69, 9.17) is 0 Å². The first kappa shape index (κ1) is 8.25. The maximum absolute atomic E-state index is 11.1. The van der Waals surface area contributed by atoms with Crippen molar-refractivity contribution in [3.63, 3.8) is 0 Å². The lowest BCUT2D eigenvalue weighted by Crippen LogP contribution is -1.92. The third-order valence-corrected chi connectivity index (χ3v) is 2.61. The normalized spacial score (nSPS) is 10.6. The molecule has 0 aliphatic carbocycles. The molecule has 0 fully saturated rings. The van der Waals surface area contributed by atoms with E-state index in [1.807, 2.05) is 0 Å². The van der Waals surface area contributed by atoms with Gasteiger partial charge in [0.05, 0.1) is 6.20 Å². The average Bonchev–Trinajstić information content (AvgIpc) is 2.46. The summed E-state index contributed by atoms with van der Waals surface area (Å²) in [5.74, 6) is 0.667. The van der Waals surface area contributed by atoms with Crippen LogP contribution in [0, 0.1) is 6.92 Å². The van der Waals surface area contributed by atoms with Crippen LogP contribution in [0.25, 0.3) is 11.0 Å². The fraction of sp³-hybridized carbons (Fsp3) is 0.250. The van der Waals surface area contributed by atoms with Crippen molar-refractivity contribution in [3.05, 3.63) is 16.9 Å². The van der Waals surface area contributed by atoms with E-state index >= 15 is 0 Å². The van der Waals surface area contributed by atoms with Crippen molar-refractivity contribution in [2.24, 2.45) is 0 Å². The van der Waals surface area contributed by atoms with Crippen LogP contribution in [0.4, 0.5) is 0 Å². The molecule has 0 atom stereocenters. The number of nitrogens with zero attached hydrogens (tertiary/aromatic N) is 3. The van der Waals surface area contributed by atoms with Crippen molar-refractivity contribution in [3.8, 4) is 0 Å². The van der Waals surface area contributed by atoms with E-state index in [1.165, 1.54) is 18.5 Å². The molecule has 2 heterocycles. The van der Waals surface area contributed by atoms with Crippen molar-refractivity contribution in [1.29, 1.82) is 0 Å². The second kappa shape index (κ2) is 2.85. The highest BCUT2D eigenvalue weighted by molar-refractivity contribution is 7.09. The number of rotatable bonds is 1. The van der Waals surface area contributed by atoms with Gasteiger partial charge in [-0.1, -0.05) is 0 Å². The molecule has 66 valence electrons. The zero-order chi connectivity index (χ0) is 9.42. The van der Waals surface area contributed by atoms with Crippen LogP contribution in [-0.2, 0) is 0 Å². The predicted octanol–water partition coefficient (Wildman–Crippen LogP) is 1.60. The molecule has 0 aliphatic heterocycles. The quantitative estimate of drug-likeness (QED) is 0.645. The van der Waals surface area contributed by atoms with Gasteiger partial charge in [0.1, 0.15) is 21.7 Å². The summed E-state index contributed by atoms with van der Waals surface area (Å²) in [6.45, 7) is 3.31. The average molecular weight is 193 g/mol. The van der Waals surface area contributed by atoms with Crippen molar-refractivity contribution < 1.29 is 4.79 Å². The number of carbonyl (C=O) groups is 1. The number of aromatic nitrogens is 3. The molecule has 2 rings (SSSR count). The Bertz CT molecular complexity index is 477. The second-order valence-corrected chi connectivity index (χ2v) is 3.49. The van der Waals surface area contributed by atoms with Crippen molar-refractivity contribution in [2.45, 2.75) is 13.8 Å². The van der Waals surface area contributed by atoms with Crippen molar-refractivity contribution >= 4 is 28.3 Å². The Labute approximate surface area is 78.8 Å². The van der Waals surface area contributed by atoms with E-state index in [0.717, 1.165) is 0 Å². The molecule has 2 aromatic heterocycles. The molecule has 0 spiro atoms. The zero-order valence-corrected chi connectivity index (χ0v) is 8.05. The van der Waals surface area contributed by atoms with Crippen molar-refractivity contribution in [2.75, 3.05) is 0 Å². The van der Waals surface area contributed by atoms with E-state index < -0.39 is 0 Å². The van der Waals surface area contributed by atoms with Crippen LogP contribution in [0.5, 0.6) is 0 Å². The third-order valence-electron chi connectivity index (χ3n) is 1.66. The Balaban J connectivity index is 2.79. The first-order valence-electron chi connectivity index (χ1n) is 3.78. The summed E-state index contributed by atoms with van der Waals surface area (Å²) in [5, 5.41) is 0. The minimum absolute atomic E-state index is 0.00519. The molecule has 0 aliphatic rings. The molecule has 4 nitrogen and oxygen atoms in total. The summed E-state index contributed by atoms with van der Waals surface area (Å²) >= 11 is 1.18. The molecule has 0 bridgehead atoms. The Morgan fingerprint density at radius 1 is 1.54 bits per heavy atom. The molecule has 2 aromatic rings. The first-order valence-corrected chi connectivity index (χ1v) is 4.56. The van der Waals surface area contributed by atoms with Gasteiger partial charge in [0.2, 0.25) is 0 Å². The van der Waals surface area contributed by atoms with Gasteiger partial charge in [-0.3, -0.25) is 4.79 Å². The summed E-state index contributed by atoms with van der Waals surface area (Å²) < 4.78 is 4.08. The highest BCUT2D eigenvalue weighted by atomic mass is 32.1. The number of hydrogen-bond donors (Lipinski definition) is 0. The van der Waals surface area contributed by atoms with Crippen LogP contribution in [0.1, 0.15) is 22.4 Å². The molecular weight excluding hydrogens is 186 g/mol. The summed E-state index contributed by atoms with van der Waals surface area (Å²) in [5.41, 5.74) is 1.37. The number of carbonyl (C=O) groups excluding carboxylic acids is 1. The highest BCUT2D eigenvalue weighted by Gasteiger charge is 2.11. The predicted molar refractivity (Wildman–Crippen MR) is 50.0 cm³/mol. The number of ketones is 1. The number of fused-ring (bicyclic) bond motifs is 1. The Morgan fingerprint density at radius 3 is 3.00 bits per heavy atom. The standard InChI is InChI=1S/C8H7N3OS/c1-4(12)8-7-6(11-13-8)3-9-5(2)10-7/h3H,1-2H3. The smallest absolute Gasteiger partial charge is 0.173 e. The molecular formula is C8H7N3OS. The summed E-state index contributed by atoms with van der Waals surface area (Å²) in [4.78, 5) is 19.9. The van der Waals surface area contributed by atoms with Gasteiger partial charge in [-0.05, 0) is 18.5 Å². The molecule has 0 radical (unpaired) electrons. The number of hydrogen-bond acceptors (Lipinski definition) is 5. The fourth-order valence-electron chi connectivity index (χ4n) is 1.07. The van der Waals surface area contributed by atoms with Gasteiger partial charge < -0.3 is 0 Å². The lowest BCUT2D eigenvalue weighted by atomic mass is 10.3. The van der Waals surface area contributed by atoms with Crippen LogP contribution >= 0.6 is 11.5 Å². The summed E-state index contributed by atoms with van der Waals surface area (Å²) in [6.07, 6.45) is 1.64. The monoisotopic (exact) mass is 193 g/mol. The first-order chi connectivity index (χ1) is 6.18. The van der Waals surface area contributed by atoms with Crippen LogP contribution in [-0.4, -0.2) is 20.1 Å². The molecule has 0 unspecified atom stereocenters. The second-order valence-electron chi connectivity index (χ2n) is 2.72. The van der Waals surface area contributed by atoms with Crippen LogP contribution in [0.15, 0.2) is 6.20 Å². The van der Waals surface area contributed by atoms with E-state index in [2.05, 4.69) is 14.3 Å². The minimum atomic E-state index is 0.00519. The lowest BCUT2D eigenvalue weighted by Gasteiger charge is -1.91. The van der Waals surface area contributed by atoms with Gasteiger partial charge in [-0.25, -0.2) is 9.97 Å². The highest BCUT2D eigenvalue weighted by Crippen LogP contribution is 2.19. The largest absolute Gasteiger partial charge is 0.293 e. The van der Waals surface area contributed by atoms with Crippen LogP contribution in [0.3, 0.4) is 0 Å². The van der Waals surface area contributed by atoms with Gasteiger partial charge >= 0.3 is 0 Å². The molecule has 13 heavy (non-hydrogen) atoms. The molecule has 0 N–H and O–H groups in total. The summed E-state index contributed by atoms with van der Waals surface area (Å²) in [7, 11) is 0. The van der Waals surface area contributed by atoms with Crippen molar-refractivity contribution in [1.82, 2.24) is 14.3 Å². The maximum atomic E-state index is 11.1. The zero-order valence-electron chi connectivity index (χ0n) is 7.24. The SMILES string of the molecule is CC(=O)c1snc2cnc(C)nc12. The van der Waals surface area contributed by atoms with Crippen LogP contribution < -0.4 is 0 Å². The van der Waals surface area contributed by atoms with Gasteiger partial charge in [-0.2, -0.15) is 4.37 Å². The molecule has 5 heteroatoms. The lowest BCUT2D eigenvalue weighted by molar-refractivity contribution is 0.102. The molecule has 0 saturated heterocycles. The Kier molecular flexibility index (Phi) is 1.81. The van der Waals surface area contributed by atoms with E-state index in [0.29, 0.717) is 21.7 Å². The van der Waals surface area contributed by atoms with E-state index in [9.17, 15) is 4.79 Å². The summed E-state index contributed by atoms with van der Waals surface area (Å²) in [6, 6.07) is 0. The Morgan fingerprint density at radius 2 is 2.31 bits per heavy atom. The number of Topliss-reactive ketones (excluding diaryl/α,β-unsaturated/α-hetero) is 1. The number of aryl methyl sites for hydroxylation is 1. The maximum Gasteiger partial charge on any atom is 0.173 e. The van der Waals surface area contributed by atoms with E-state index in [-0.39, 0.29) is 5.78 Å². The topological polar surface area (TPSA) is 55.7 Å². The molecule has 0 amide bonds. The van der Waals surface area contributed by atoms with Crippen LogP contribution in [0.2, 0.25) is 0 Å². The van der Waals surface area contributed by atoms with E-state index in [1.54, 1.807) is 13.1 Å². The van der Waals surface area contributed by atoms with Gasteiger partial charge in [0.15, 0.2) is 5.78 Å². The third kappa shape index (κ3) is 1.31. The van der Waals surface area contributed by atoms with Gasteiger partial charge in [0, 0.05) is 6.92 Å². The molecule has 0 saturated carbocycles. The minimum Gasteiger partial charge on any atom is -0.293 e. The molecule has 0 aromatic carbocycles. The fourth-order valence-corrected chi connectivity index (χ4v) is 1.76.